The van der Waals surface area contributed by atoms with Crippen LogP contribution in [0, 0.1) is 5.82 Å². The average molecular weight is 681 g/mol. The molecule has 1 N–H and O–H groups in total. The van der Waals surface area contributed by atoms with Crippen LogP contribution in [0.3, 0.4) is 0 Å². The van der Waals surface area contributed by atoms with Crippen LogP contribution in [0.2, 0.25) is 0 Å². The minimum absolute atomic E-state index is 0.0242. The van der Waals surface area contributed by atoms with E-state index in [1.807, 2.05) is 44.2 Å². The Bertz CT molecular complexity index is 1640. The summed E-state index contributed by atoms with van der Waals surface area (Å²) in [5.74, 6) is -1.38. The van der Waals surface area contributed by atoms with Gasteiger partial charge in [-0.1, -0.05) is 83.5 Å². The fourth-order valence-electron chi connectivity index (χ4n) is 4.64. The summed E-state index contributed by atoms with van der Waals surface area (Å²) in [5.41, 5.74) is 1.71. The van der Waals surface area contributed by atoms with Crippen LogP contribution in [0.25, 0.3) is 0 Å². The minimum Gasteiger partial charge on any atom is -0.352 e. The fourth-order valence-corrected chi connectivity index (χ4v) is 6.34. The lowest BCUT2D eigenvalue weighted by molar-refractivity contribution is -0.140. The van der Waals surface area contributed by atoms with Gasteiger partial charge < -0.3 is 10.2 Å². The van der Waals surface area contributed by atoms with Gasteiger partial charge >= 0.3 is 0 Å². The maximum Gasteiger partial charge on any atom is 0.264 e. The molecule has 0 saturated heterocycles. The van der Waals surface area contributed by atoms with Crippen molar-refractivity contribution in [2.24, 2.45) is 0 Å². The summed E-state index contributed by atoms with van der Waals surface area (Å²) in [6.07, 6.45) is 0.877. The topological polar surface area (TPSA) is 86.8 Å². The second-order valence-corrected chi connectivity index (χ2v) is 13.3. The second kappa shape index (κ2) is 15.1. The molecule has 0 aliphatic heterocycles. The Hall–Kier alpha value is -4.02. The number of hydrogen-bond acceptors (Lipinski definition) is 4. The summed E-state index contributed by atoms with van der Waals surface area (Å²) >= 11 is 3.38. The van der Waals surface area contributed by atoms with Gasteiger partial charge in [-0.05, 0) is 73.0 Å². The third-order valence-electron chi connectivity index (χ3n) is 7.26. The van der Waals surface area contributed by atoms with E-state index in [1.165, 1.54) is 29.2 Å². The Morgan fingerprint density at radius 3 is 2.02 bits per heavy atom. The van der Waals surface area contributed by atoms with Crippen LogP contribution in [0.1, 0.15) is 31.4 Å². The van der Waals surface area contributed by atoms with Gasteiger partial charge in [0.1, 0.15) is 18.4 Å². The van der Waals surface area contributed by atoms with Crippen molar-refractivity contribution in [2.45, 2.75) is 50.2 Å². The second-order valence-electron chi connectivity index (χ2n) is 10.5. The molecule has 0 saturated carbocycles. The van der Waals surface area contributed by atoms with Gasteiger partial charge in [-0.25, -0.2) is 12.8 Å². The van der Waals surface area contributed by atoms with Crippen LogP contribution in [-0.4, -0.2) is 43.8 Å². The van der Waals surface area contributed by atoms with Crippen LogP contribution in [0.4, 0.5) is 10.1 Å². The molecule has 0 aromatic heterocycles. The van der Waals surface area contributed by atoms with Crippen molar-refractivity contribution < 1.29 is 22.4 Å². The van der Waals surface area contributed by atoms with E-state index in [2.05, 4.69) is 21.2 Å². The summed E-state index contributed by atoms with van der Waals surface area (Å²) < 4.78 is 43.5. The van der Waals surface area contributed by atoms with Gasteiger partial charge in [0.25, 0.3) is 10.0 Å². The Labute approximate surface area is 266 Å². The summed E-state index contributed by atoms with van der Waals surface area (Å²) in [4.78, 5) is 29.6. The smallest absolute Gasteiger partial charge is 0.264 e. The van der Waals surface area contributed by atoms with Gasteiger partial charge in [0.2, 0.25) is 11.8 Å². The van der Waals surface area contributed by atoms with E-state index in [0.717, 1.165) is 14.3 Å². The zero-order valence-corrected chi connectivity index (χ0v) is 27.0. The molecule has 44 heavy (non-hydrogen) atoms. The number of nitrogens with zero attached hydrogens (tertiary/aromatic N) is 2. The number of carbonyl (C=O) groups excluding carboxylic acids is 2. The van der Waals surface area contributed by atoms with Gasteiger partial charge in [-0.2, -0.15) is 0 Å². The number of carbonyl (C=O) groups is 2. The van der Waals surface area contributed by atoms with Crippen molar-refractivity contribution in [3.05, 3.63) is 131 Å². The summed E-state index contributed by atoms with van der Waals surface area (Å²) in [5, 5.41) is 3.00. The van der Waals surface area contributed by atoms with Gasteiger partial charge in [0, 0.05) is 23.5 Å². The van der Waals surface area contributed by atoms with E-state index in [4.69, 9.17) is 0 Å². The molecule has 230 valence electrons. The monoisotopic (exact) mass is 679 g/mol. The molecule has 0 bridgehead atoms. The number of sulfonamides is 1. The van der Waals surface area contributed by atoms with Crippen LogP contribution in [-0.2, 0) is 32.6 Å². The number of halogens is 2. The highest BCUT2D eigenvalue weighted by molar-refractivity contribution is 9.10. The van der Waals surface area contributed by atoms with E-state index in [0.29, 0.717) is 12.0 Å². The van der Waals surface area contributed by atoms with Gasteiger partial charge in [-0.15, -0.1) is 0 Å². The first-order valence-corrected chi connectivity index (χ1v) is 16.5. The molecular weight excluding hydrogens is 645 g/mol. The molecule has 7 nitrogen and oxygen atoms in total. The van der Waals surface area contributed by atoms with Crippen molar-refractivity contribution in [3.8, 4) is 0 Å². The van der Waals surface area contributed by atoms with Crippen LogP contribution < -0.4 is 9.62 Å². The summed E-state index contributed by atoms with van der Waals surface area (Å²) in [6, 6.07) is 28.4. The molecule has 0 radical (unpaired) electrons. The Morgan fingerprint density at radius 1 is 0.841 bits per heavy atom. The Balaban J connectivity index is 1.79. The van der Waals surface area contributed by atoms with Crippen molar-refractivity contribution in [3.63, 3.8) is 0 Å². The van der Waals surface area contributed by atoms with Crippen LogP contribution in [0.15, 0.2) is 119 Å². The maximum atomic E-state index is 14.4. The predicted molar refractivity (Wildman–Crippen MR) is 174 cm³/mol. The number of nitrogens with one attached hydrogen (secondary N) is 1. The van der Waals surface area contributed by atoms with Crippen molar-refractivity contribution in [1.82, 2.24) is 10.2 Å². The molecule has 0 unspecified atom stereocenters. The lowest BCUT2D eigenvalue weighted by atomic mass is 10.0. The SMILES string of the molecule is CC[C@H](C)NC(=O)[C@@H](Cc1ccccc1)N(Cc1ccc(F)cc1)C(=O)CN(c1ccc(Br)cc1)S(=O)(=O)c1ccccc1. The normalized spacial score (nSPS) is 12.6. The van der Waals surface area contributed by atoms with Gasteiger partial charge in [0.15, 0.2) is 0 Å². The quantitative estimate of drug-likeness (QED) is 0.179. The summed E-state index contributed by atoms with van der Waals surface area (Å²) in [6.45, 7) is 3.22. The number of amides is 2. The highest BCUT2D eigenvalue weighted by Crippen LogP contribution is 2.26. The molecule has 2 amide bonds. The standard InChI is InChI=1S/C34H35BrFN3O4S/c1-3-25(2)37-34(41)32(22-26-10-6-4-7-11-26)38(23-27-14-18-29(36)19-15-27)33(40)24-39(30-20-16-28(35)17-21-30)44(42,43)31-12-8-5-9-13-31/h4-21,25,32H,3,22-24H2,1-2H3,(H,37,41)/t25-,32+/m0/s1. The molecule has 4 rings (SSSR count). The first-order valence-electron chi connectivity index (χ1n) is 14.3. The molecule has 10 heteroatoms. The highest BCUT2D eigenvalue weighted by Gasteiger charge is 2.35. The van der Waals surface area contributed by atoms with E-state index in [1.54, 1.807) is 54.6 Å². The van der Waals surface area contributed by atoms with Crippen molar-refractivity contribution >= 4 is 43.5 Å². The molecule has 4 aromatic rings. The lowest BCUT2D eigenvalue weighted by Gasteiger charge is -2.34. The zero-order chi connectivity index (χ0) is 31.7. The maximum absolute atomic E-state index is 14.4. The molecule has 0 fully saturated rings. The lowest BCUT2D eigenvalue weighted by Crippen LogP contribution is -2.54. The predicted octanol–water partition coefficient (Wildman–Crippen LogP) is 6.34. The molecule has 0 aliphatic carbocycles. The number of benzene rings is 4. The van der Waals surface area contributed by atoms with Crippen LogP contribution >= 0.6 is 15.9 Å². The Kier molecular flexibility index (Phi) is 11.3. The largest absolute Gasteiger partial charge is 0.352 e. The Morgan fingerprint density at radius 2 is 1.43 bits per heavy atom. The van der Waals surface area contributed by atoms with E-state index >= 15 is 0 Å². The van der Waals surface area contributed by atoms with Crippen molar-refractivity contribution in [1.29, 1.82) is 0 Å². The molecule has 4 aromatic carbocycles. The third-order valence-corrected chi connectivity index (χ3v) is 9.58. The van der Waals surface area contributed by atoms with Gasteiger partial charge in [0.05, 0.1) is 10.6 Å². The van der Waals surface area contributed by atoms with Gasteiger partial charge in [-0.3, -0.25) is 13.9 Å². The average Bonchev–Trinajstić information content (AvgIpc) is 3.03. The van der Waals surface area contributed by atoms with E-state index < -0.39 is 34.3 Å². The fraction of sp³-hybridized carbons (Fsp3) is 0.235. The molecule has 0 spiro atoms. The first-order chi connectivity index (χ1) is 21.1. The minimum atomic E-state index is -4.18. The summed E-state index contributed by atoms with van der Waals surface area (Å²) in [7, 11) is -4.18. The van der Waals surface area contributed by atoms with E-state index in [9.17, 15) is 22.4 Å². The van der Waals surface area contributed by atoms with Crippen molar-refractivity contribution in [2.75, 3.05) is 10.8 Å². The molecule has 0 heterocycles. The third kappa shape index (κ3) is 8.54. The first kappa shape index (κ1) is 32.9. The number of hydrogen-bond donors (Lipinski definition) is 1. The highest BCUT2D eigenvalue weighted by atomic mass is 79.9. The van der Waals surface area contributed by atoms with Crippen LogP contribution in [0.5, 0.6) is 0 Å². The molecular formula is C34H35BrFN3O4S. The number of anilines is 1. The zero-order valence-electron chi connectivity index (χ0n) is 24.6. The molecule has 2 atom stereocenters. The number of rotatable bonds is 13. The molecule has 0 aliphatic rings. The van der Waals surface area contributed by atoms with E-state index in [-0.39, 0.29) is 35.5 Å².